The first-order valence-electron chi connectivity index (χ1n) is 11.8. The fourth-order valence-electron chi connectivity index (χ4n) is 5.41. The lowest BCUT2D eigenvalue weighted by atomic mass is 10.1. The number of para-hydroxylation sites is 1. The summed E-state index contributed by atoms with van der Waals surface area (Å²) in [6.45, 7) is 2.25. The molecular weight excluding hydrogens is 463 g/mol. The molecule has 6 rings (SSSR count). The molecule has 1 aliphatic heterocycles. The standard InChI is InChI=1S/C27H25FN4O2S/c1-15-30-24(25(35-15)16-6-5-7-18(28)10-16)27(34)32-19(11-17-12-23(17)32)13-29-26(33)21-14-31(2)22-9-4-3-8-20(21)22/h3-10,14,17,19,23H,11-13H2,1-2H3,(H,29,33)/t17-,19+,23+/m1/s1. The van der Waals surface area contributed by atoms with Gasteiger partial charge in [-0.3, -0.25) is 9.59 Å². The molecule has 0 radical (unpaired) electrons. The lowest BCUT2D eigenvalue weighted by Crippen LogP contribution is -2.45. The third kappa shape index (κ3) is 3.82. The molecule has 1 aliphatic carbocycles. The third-order valence-electron chi connectivity index (χ3n) is 7.11. The Bertz CT molecular complexity index is 1480. The van der Waals surface area contributed by atoms with Crippen LogP contribution in [0, 0.1) is 18.7 Å². The molecule has 0 unspecified atom stereocenters. The molecule has 35 heavy (non-hydrogen) atoms. The van der Waals surface area contributed by atoms with Crippen LogP contribution in [-0.4, -0.2) is 44.9 Å². The summed E-state index contributed by atoms with van der Waals surface area (Å²) in [7, 11) is 1.93. The molecular formula is C27H25FN4O2S. The molecule has 2 aromatic heterocycles. The van der Waals surface area contributed by atoms with Crippen molar-refractivity contribution in [3.05, 3.63) is 76.8 Å². The summed E-state index contributed by atoms with van der Waals surface area (Å²) in [5, 5.41) is 4.74. The predicted octanol–water partition coefficient (Wildman–Crippen LogP) is 4.78. The summed E-state index contributed by atoms with van der Waals surface area (Å²) in [6, 6.07) is 14.2. The molecule has 0 bridgehead atoms. The highest BCUT2D eigenvalue weighted by Crippen LogP contribution is 2.48. The number of likely N-dealkylation sites (tertiary alicyclic amines) is 1. The maximum absolute atomic E-state index is 13.9. The summed E-state index contributed by atoms with van der Waals surface area (Å²) in [4.78, 5) is 33.9. The van der Waals surface area contributed by atoms with Crippen LogP contribution in [0.3, 0.4) is 0 Å². The number of hydrogen-bond acceptors (Lipinski definition) is 4. The zero-order chi connectivity index (χ0) is 24.3. The van der Waals surface area contributed by atoms with Gasteiger partial charge >= 0.3 is 0 Å². The van der Waals surface area contributed by atoms with E-state index in [-0.39, 0.29) is 29.7 Å². The molecule has 2 aromatic carbocycles. The first kappa shape index (κ1) is 22.0. The minimum Gasteiger partial charge on any atom is -0.350 e. The Morgan fingerprint density at radius 3 is 2.83 bits per heavy atom. The van der Waals surface area contributed by atoms with Crippen LogP contribution in [0.4, 0.5) is 4.39 Å². The number of amides is 2. The second kappa shape index (κ2) is 8.30. The number of thiazole rings is 1. The maximum Gasteiger partial charge on any atom is 0.274 e. The van der Waals surface area contributed by atoms with Crippen LogP contribution in [0.2, 0.25) is 0 Å². The van der Waals surface area contributed by atoms with Gasteiger partial charge in [-0.05, 0) is 49.4 Å². The number of nitrogens with one attached hydrogen (secondary N) is 1. The number of carbonyl (C=O) groups excluding carboxylic acids is 2. The van der Waals surface area contributed by atoms with Gasteiger partial charge in [0.05, 0.1) is 21.5 Å². The molecule has 3 atom stereocenters. The predicted molar refractivity (Wildman–Crippen MR) is 134 cm³/mol. The monoisotopic (exact) mass is 488 g/mol. The van der Waals surface area contributed by atoms with Crippen LogP contribution in [0.5, 0.6) is 0 Å². The summed E-state index contributed by atoms with van der Waals surface area (Å²) in [5.41, 5.74) is 2.66. The number of hydrogen-bond donors (Lipinski definition) is 1. The largest absolute Gasteiger partial charge is 0.350 e. The Morgan fingerprint density at radius 2 is 2.00 bits per heavy atom. The minimum absolute atomic E-state index is 0.0902. The number of rotatable bonds is 5. The van der Waals surface area contributed by atoms with E-state index in [0.29, 0.717) is 34.2 Å². The highest BCUT2D eigenvalue weighted by Gasteiger charge is 2.54. The Morgan fingerprint density at radius 1 is 1.17 bits per heavy atom. The van der Waals surface area contributed by atoms with Crippen molar-refractivity contribution in [3.8, 4) is 10.4 Å². The molecule has 2 aliphatic rings. The Balaban J connectivity index is 1.23. The third-order valence-corrected chi connectivity index (χ3v) is 8.13. The van der Waals surface area contributed by atoms with Crippen molar-refractivity contribution < 1.29 is 14.0 Å². The van der Waals surface area contributed by atoms with Crippen molar-refractivity contribution in [1.82, 2.24) is 19.8 Å². The highest BCUT2D eigenvalue weighted by atomic mass is 32.1. The van der Waals surface area contributed by atoms with E-state index in [4.69, 9.17) is 0 Å². The number of aryl methyl sites for hydroxylation is 2. The Kier molecular flexibility index (Phi) is 5.21. The van der Waals surface area contributed by atoms with Crippen molar-refractivity contribution in [2.75, 3.05) is 6.54 Å². The lowest BCUT2D eigenvalue weighted by Gasteiger charge is -2.27. The van der Waals surface area contributed by atoms with Crippen molar-refractivity contribution in [2.24, 2.45) is 13.0 Å². The number of benzene rings is 2. The van der Waals surface area contributed by atoms with Crippen molar-refractivity contribution in [1.29, 1.82) is 0 Å². The van der Waals surface area contributed by atoms with E-state index in [2.05, 4.69) is 10.3 Å². The van der Waals surface area contributed by atoms with Gasteiger partial charge in [0.25, 0.3) is 11.8 Å². The minimum atomic E-state index is -0.343. The molecule has 8 heteroatoms. The van der Waals surface area contributed by atoms with Crippen molar-refractivity contribution in [3.63, 3.8) is 0 Å². The van der Waals surface area contributed by atoms with Crippen LogP contribution in [0.25, 0.3) is 21.3 Å². The number of aromatic nitrogens is 2. The maximum atomic E-state index is 13.9. The normalized spacial score (nSPS) is 20.8. The molecule has 4 aromatic rings. The SMILES string of the molecule is Cc1nc(C(=O)N2[C@H](CNC(=O)c3cn(C)c4ccccc34)C[C@@H]3C[C@@H]32)c(-c2cccc(F)c2)s1. The van der Waals surface area contributed by atoms with Crippen LogP contribution in [-0.2, 0) is 7.05 Å². The van der Waals surface area contributed by atoms with E-state index >= 15 is 0 Å². The molecule has 1 saturated heterocycles. The molecule has 3 heterocycles. The summed E-state index contributed by atoms with van der Waals surface area (Å²) in [6.07, 6.45) is 3.70. The van der Waals surface area contributed by atoms with Gasteiger partial charge in [0.15, 0.2) is 0 Å². The van der Waals surface area contributed by atoms with Crippen LogP contribution in [0.1, 0.15) is 38.7 Å². The second-order valence-electron chi connectivity index (χ2n) is 9.47. The van der Waals surface area contributed by atoms with Gasteiger partial charge < -0.3 is 14.8 Å². The molecule has 1 N–H and O–H groups in total. The van der Waals surface area contributed by atoms with Gasteiger partial charge in [0, 0.05) is 36.7 Å². The van der Waals surface area contributed by atoms with E-state index in [0.717, 1.165) is 28.8 Å². The summed E-state index contributed by atoms with van der Waals surface area (Å²) >= 11 is 1.40. The smallest absolute Gasteiger partial charge is 0.274 e. The number of carbonyl (C=O) groups is 2. The quantitative estimate of drug-likeness (QED) is 0.440. The average molecular weight is 489 g/mol. The molecule has 6 nitrogen and oxygen atoms in total. The number of fused-ring (bicyclic) bond motifs is 2. The molecule has 178 valence electrons. The number of halogens is 1. The fourth-order valence-corrected chi connectivity index (χ4v) is 6.31. The highest BCUT2D eigenvalue weighted by molar-refractivity contribution is 7.15. The van der Waals surface area contributed by atoms with Gasteiger partial charge in [-0.25, -0.2) is 9.37 Å². The Labute approximate surface area is 206 Å². The molecule has 2 amide bonds. The Hall–Kier alpha value is -3.52. The van der Waals surface area contributed by atoms with Crippen LogP contribution >= 0.6 is 11.3 Å². The topological polar surface area (TPSA) is 67.2 Å². The number of nitrogens with zero attached hydrogens (tertiary/aromatic N) is 3. The van der Waals surface area contributed by atoms with Crippen LogP contribution < -0.4 is 5.32 Å². The average Bonchev–Trinajstić information content (AvgIpc) is 3.18. The van der Waals surface area contributed by atoms with Crippen LogP contribution in [0.15, 0.2) is 54.7 Å². The van der Waals surface area contributed by atoms with Gasteiger partial charge in [0.2, 0.25) is 0 Å². The second-order valence-corrected chi connectivity index (χ2v) is 10.7. The first-order chi connectivity index (χ1) is 16.9. The lowest BCUT2D eigenvalue weighted by molar-refractivity contribution is 0.0684. The fraction of sp³-hybridized carbons (Fsp3) is 0.296. The van der Waals surface area contributed by atoms with E-state index in [1.165, 1.54) is 23.5 Å². The van der Waals surface area contributed by atoms with Gasteiger partial charge in [0.1, 0.15) is 11.5 Å². The van der Waals surface area contributed by atoms with E-state index in [1.54, 1.807) is 12.1 Å². The number of piperidine rings is 1. The van der Waals surface area contributed by atoms with Gasteiger partial charge in [-0.2, -0.15) is 0 Å². The van der Waals surface area contributed by atoms with Crippen molar-refractivity contribution in [2.45, 2.75) is 31.8 Å². The summed E-state index contributed by atoms with van der Waals surface area (Å²) in [5.74, 6) is -0.150. The van der Waals surface area contributed by atoms with Gasteiger partial charge in [-0.15, -0.1) is 11.3 Å². The first-order valence-corrected chi connectivity index (χ1v) is 12.6. The molecule has 1 saturated carbocycles. The van der Waals surface area contributed by atoms with E-state index < -0.39 is 0 Å². The molecule has 2 fully saturated rings. The molecule has 0 spiro atoms. The van der Waals surface area contributed by atoms with Crippen molar-refractivity contribution >= 4 is 34.1 Å². The summed E-state index contributed by atoms with van der Waals surface area (Å²) < 4.78 is 15.8. The van der Waals surface area contributed by atoms with E-state index in [1.807, 2.05) is 53.9 Å². The van der Waals surface area contributed by atoms with Gasteiger partial charge in [-0.1, -0.05) is 30.3 Å². The van der Waals surface area contributed by atoms with E-state index in [9.17, 15) is 14.0 Å². The zero-order valence-electron chi connectivity index (χ0n) is 19.5. The zero-order valence-corrected chi connectivity index (χ0v) is 20.3.